The van der Waals surface area contributed by atoms with Gasteiger partial charge >= 0.3 is 0 Å². The van der Waals surface area contributed by atoms with Crippen molar-refractivity contribution >= 4 is 29.4 Å². The van der Waals surface area contributed by atoms with E-state index >= 15 is 0 Å². The smallest absolute Gasteiger partial charge is 0.148 e. The first-order chi connectivity index (χ1) is 15.6. The second-order valence-electron chi connectivity index (χ2n) is 7.67. The summed E-state index contributed by atoms with van der Waals surface area (Å²) in [5.74, 6) is 0.246. The van der Waals surface area contributed by atoms with Gasteiger partial charge in [-0.25, -0.2) is 4.68 Å². The molecule has 3 heterocycles. The van der Waals surface area contributed by atoms with Crippen molar-refractivity contribution in [2.24, 2.45) is 0 Å². The molecule has 32 heavy (non-hydrogen) atoms. The number of aromatic nitrogens is 3. The highest BCUT2D eigenvalue weighted by Crippen LogP contribution is 2.18. The molecule has 5 rings (SSSR count). The second-order valence-corrected chi connectivity index (χ2v) is 8.19. The van der Waals surface area contributed by atoms with Gasteiger partial charge < -0.3 is 5.32 Å². The van der Waals surface area contributed by atoms with Crippen molar-refractivity contribution in [3.05, 3.63) is 84.0 Å². The lowest BCUT2D eigenvalue weighted by atomic mass is 10.1. The summed E-state index contributed by atoms with van der Waals surface area (Å²) in [6.45, 7) is 2.50. The van der Waals surface area contributed by atoms with Gasteiger partial charge in [-0.15, -0.1) is 12.6 Å². The Balaban J connectivity index is 0.000000433. The summed E-state index contributed by atoms with van der Waals surface area (Å²) < 4.78 is 1.37. The average molecular weight is 443 g/mol. The third-order valence-corrected chi connectivity index (χ3v) is 5.55. The van der Waals surface area contributed by atoms with E-state index in [1.54, 1.807) is 18.3 Å². The molecule has 0 aliphatic carbocycles. The molecule has 4 aromatic rings. The minimum atomic E-state index is 0.178. The van der Waals surface area contributed by atoms with Crippen molar-refractivity contribution in [3.63, 3.8) is 0 Å². The molecule has 0 bridgehead atoms. The number of thiol groups is 1. The van der Waals surface area contributed by atoms with Crippen molar-refractivity contribution in [1.29, 1.82) is 10.8 Å². The Morgan fingerprint density at radius 1 is 1.00 bits per heavy atom. The van der Waals surface area contributed by atoms with Crippen LogP contribution >= 0.6 is 12.6 Å². The van der Waals surface area contributed by atoms with E-state index in [2.05, 4.69) is 28.0 Å². The van der Waals surface area contributed by atoms with Gasteiger partial charge in [-0.3, -0.25) is 15.8 Å². The highest BCUT2D eigenvalue weighted by molar-refractivity contribution is 7.80. The molecule has 0 atom stereocenters. The third kappa shape index (κ3) is 5.49. The highest BCUT2D eigenvalue weighted by atomic mass is 32.1. The van der Waals surface area contributed by atoms with Crippen LogP contribution in [0.15, 0.2) is 77.8 Å². The number of nitrogens with one attached hydrogen (secondary N) is 3. The van der Waals surface area contributed by atoms with Gasteiger partial charge in [0.1, 0.15) is 11.3 Å². The molecule has 7 heteroatoms. The highest BCUT2D eigenvalue weighted by Gasteiger charge is 2.08. The Labute approximate surface area is 192 Å². The molecule has 0 amide bonds. The van der Waals surface area contributed by atoms with E-state index in [1.807, 2.05) is 54.6 Å². The lowest BCUT2D eigenvalue weighted by Crippen LogP contribution is -2.30. The average Bonchev–Trinajstić information content (AvgIpc) is 3.40. The monoisotopic (exact) mass is 442 g/mol. The zero-order valence-corrected chi connectivity index (χ0v) is 18.6. The Kier molecular flexibility index (Phi) is 7.09. The zero-order chi connectivity index (χ0) is 22.3. The fraction of sp³-hybridized carbons (Fsp3) is 0.200. The van der Waals surface area contributed by atoms with Crippen molar-refractivity contribution in [2.45, 2.75) is 24.2 Å². The number of rotatable bonds is 3. The van der Waals surface area contributed by atoms with Gasteiger partial charge in [-0.2, -0.15) is 5.10 Å². The standard InChI is InChI=1S/C21H17N5S.C4H9N/c22-20-10-9-19(15-4-6-17(27)7-5-15)25-26(20)21(23)13-14-3-8-18-16(12-14)2-1-11-24-18;1-2-4-5-3-1/h1-12,22-23,27H,13H2;5H,1-4H2. The molecule has 0 spiro atoms. The molecular formula is C25H26N6S. The quantitative estimate of drug-likeness (QED) is 0.217. The van der Waals surface area contributed by atoms with Crippen LogP contribution in [0, 0.1) is 10.8 Å². The summed E-state index contributed by atoms with van der Waals surface area (Å²) in [6.07, 6.45) is 4.93. The number of nitrogens with zero attached hydrogens (tertiary/aromatic N) is 3. The van der Waals surface area contributed by atoms with Gasteiger partial charge in [0.15, 0.2) is 0 Å². The Bertz CT molecular complexity index is 1270. The molecule has 2 aromatic carbocycles. The lowest BCUT2D eigenvalue weighted by Gasteiger charge is -2.10. The van der Waals surface area contributed by atoms with Crippen LogP contribution in [0.3, 0.4) is 0 Å². The first kappa shape index (κ1) is 21.9. The van der Waals surface area contributed by atoms with E-state index < -0.39 is 0 Å². The summed E-state index contributed by atoms with van der Waals surface area (Å²) in [7, 11) is 0. The maximum atomic E-state index is 8.46. The molecule has 1 aliphatic heterocycles. The molecule has 1 fully saturated rings. The Morgan fingerprint density at radius 3 is 2.50 bits per heavy atom. The molecule has 3 N–H and O–H groups in total. The van der Waals surface area contributed by atoms with Crippen LogP contribution in [0.1, 0.15) is 18.4 Å². The largest absolute Gasteiger partial charge is 0.317 e. The van der Waals surface area contributed by atoms with Crippen LogP contribution in [0.4, 0.5) is 0 Å². The molecule has 0 saturated carbocycles. The molecule has 0 unspecified atom stereocenters. The number of fused-ring (bicyclic) bond motifs is 1. The predicted molar refractivity (Wildman–Crippen MR) is 131 cm³/mol. The predicted octanol–water partition coefficient (Wildman–Crippen LogP) is 4.30. The number of hydrogen-bond acceptors (Lipinski definition) is 6. The molecule has 6 nitrogen and oxygen atoms in total. The second kappa shape index (κ2) is 10.3. The topological polar surface area (TPSA) is 90.4 Å². The van der Waals surface area contributed by atoms with E-state index in [4.69, 9.17) is 10.8 Å². The van der Waals surface area contributed by atoms with Gasteiger partial charge in [-0.05, 0) is 74.0 Å². The Morgan fingerprint density at radius 2 is 1.78 bits per heavy atom. The molecular weight excluding hydrogens is 416 g/mol. The van der Waals surface area contributed by atoms with Crippen molar-refractivity contribution in [2.75, 3.05) is 13.1 Å². The fourth-order valence-corrected chi connectivity index (χ4v) is 3.69. The number of benzene rings is 2. The third-order valence-electron chi connectivity index (χ3n) is 5.25. The molecule has 0 radical (unpaired) electrons. The maximum Gasteiger partial charge on any atom is 0.148 e. The van der Waals surface area contributed by atoms with E-state index in [-0.39, 0.29) is 11.3 Å². The van der Waals surface area contributed by atoms with E-state index in [0.29, 0.717) is 12.1 Å². The molecule has 1 aliphatic rings. The first-order valence-electron chi connectivity index (χ1n) is 10.7. The van der Waals surface area contributed by atoms with Gasteiger partial charge in [0, 0.05) is 28.5 Å². The first-order valence-corrected chi connectivity index (χ1v) is 11.1. The number of pyridine rings is 1. The molecule has 1 saturated heterocycles. The van der Waals surface area contributed by atoms with Crippen LogP contribution in [0.25, 0.3) is 22.2 Å². The minimum absolute atomic E-state index is 0.178. The maximum absolute atomic E-state index is 8.46. The van der Waals surface area contributed by atoms with Crippen LogP contribution < -0.4 is 10.8 Å². The lowest BCUT2D eigenvalue weighted by molar-refractivity contribution is 0.799. The van der Waals surface area contributed by atoms with Crippen molar-refractivity contribution < 1.29 is 0 Å². The van der Waals surface area contributed by atoms with Crippen molar-refractivity contribution in [3.8, 4) is 11.3 Å². The van der Waals surface area contributed by atoms with Gasteiger partial charge in [-0.1, -0.05) is 24.3 Å². The summed E-state index contributed by atoms with van der Waals surface area (Å²) in [6, 6.07) is 20.9. The van der Waals surface area contributed by atoms with Gasteiger partial charge in [0.2, 0.25) is 0 Å². The molecule has 2 aromatic heterocycles. The van der Waals surface area contributed by atoms with E-state index in [0.717, 1.165) is 26.9 Å². The summed E-state index contributed by atoms with van der Waals surface area (Å²) in [5, 5.41) is 25.3. The van der Waals surface area contributed by atoms with Gasteiger partial charge in [0.25, 0.3) is 0 Å². The normalized spacial score (nSPS) is 12.9. The van der Waals surface area contributed by atoms with E-state index in [1.165, 1.54) is 30.6 Å². The van der Waals surface area contributed by atoms with Gasteiger partial charge in [0.05, 0.1) is 11.2 Å². The summed E-state index contributed by atoms with van der Waals surface area (Å²) in [4.78, 5) is 5.20. The molecule has 162 valence electrons. The summed E-state index contributed by atoms with van der Waals surface area (Å²) >= 11 is 4.30. The van der Waals surface area contributed by atoms with Crippen LogP contribution in [-0.2, 0) is 6.42 Å². The number of hydrogen-bond donors (Lipinski definition) is 4. The SMILES string of the molecule is C1CCNC1.N=C(Cc1ccc2ncccc2c1)n1nc(-c2ccc(S)cc2)ccc1=N. The van der Waals surface area contributed by atoms with Crippen molar-refractivity contribution in [1.82, 2.24) is 20.1 Å². The fourth-order valence-electron chi connectivity index (χ4n) is 3.54. The van der Waals surface area contributed by atoms with E-state index in [9.17, 15) is 0 Å². The summed E-state index contributed by atoms with van der Waals surface area (Å²) in [5.41, 5.74) is 3.73. The minimum Gasteiger partial charge on any atom is -0.317 e. The van der Waals surface area contributed by atoms with Crippen LogP contribution in [0.5, 0.6) is 0 Å². The Hall–Kier alpha value is -3.29. The zero-order valence-electron chi connectivity index (χ0n) is 17.8. The van der Waals surface area contributed by atoms with Crippen LogP contribution in [-0.4, -0.2) is 33.7 Å². The van der Waals surface area contributed by atoms with Crippen LogP contribution in [0.2, 0.25) is 0 Å².